The van der Waals surface area contributed by atoms with Crippen molar-refractivity contribution in [3.05, 3.63) is 30.5 Å². The number of H-pyrrole nitrogens is 1. The lowest BCUT2D eigenvalue weighted by atomic mass is 10.4. The van der Waals surface area contributed by atoms with E-state index in [4.69, 9.17) is 0 Å². The third kappa shape index (κ3) is 3.40. The summed E-state index contributed by atoms with van der Waals surface area (Å²) in [5.41, 5.74) is 0.609. The van der Waals surface area contributed by atoms with Crippen LogP contribution in [0.25, 0.3) is 0 Å². The van der Waals surface area contributed by atoms with Gasteiger partial charge in [0, 0.05) is 37.6 Å². The highest BCUT2D eigenvalue weighted by Gasteiger charge is 2.19. The van der Waals surface area contributed by atoms with Crippen molar-refractivity contribution >= 4 is 10.0 Å². The van der Waals surface area contributed by atoms with Crippen molar-refractivity contribution in [3.63, 3.8) is 0 Å². The van der Waals surface area contributed by atoms with Gasteiger partial charge in [-0.25, -0.2) is 18.1 Å². The Bertz CT molecular complexity index is 604. The summed E-state index contributed by atoms with van der Waals surface area (Å²) >= 11 is 0. The van der Waals surface area contributed by atoms with E-state index in [0.29, 0.717) is 18.7 Å². The molecule has 104 valence electrons. The van der Waals surface area contributed by atoms with Gasteiger partial charge in [-0.1, -0.05) is 0 Å². The predicted octanol–water partition coefficient (Wildman–Crippen LogP) is -0.696. The van der Waals surface area contributed by atoms with Crippen LogP contribution in [0, 0.1) is 0 Å². The lowest BCUT2D eigenvalue weighted by Crippen LogP contribution is -2.28. The third-order valence-corrected chi connectivity index (χ3v) is 4.01. The number of aromatic amines is 1. The fourth-order valence-corrected chi connectivity index (χ4v) is 2.80. The number of hydrogen-bond acceptors (Lipinski definition) is 5. The molecule has 0 fully saturated rings. The Morgan fingerprint density at radius 2 is 2.32 bits per heavy atom. The zero-order valence-corrected chi connectivity index (χ0v) is 11.3. The predicted molar refractivity (Wildman–Crippen MR) is 68.8 cm³/mol. The second-order valence-corrected chi connectivity index (χ2v) is 5.66. The molecule has 19 heavy (non-hydrogen) atoms. The second kappa shape index (κ2) is 5.95. The van der Waals surface area contributed by atoms with Gasteiger partial charge in [0.25, 0.3) is 10.0 Å². The van der Waals surface area contributed by atoms with E-state index in [0.717, 1.165) is 0 Å². The minimum atomic E-state index is -3.56. The Morgan fingerprint density at radius 1 is 1.47 bits per heavy atom. The Kier molecular flexibility index (Phi) is 4.30. The highest BCUT2D eigenvalue weighted by atomic mass is 32.2. The van der Waals surface area contributed by atoms with Gasteiger partial charge >= 0.3 is 0 Å². The van der Waals surface area contributed by atoms with Gasteiger partial charge in [-0.3, -0.25) is 5.10 Å². The molecule has 0 radical (unpaired) electrons. The molecule has 0 saturated heterocycles. The number of imidazole rings is 1. The molecule has 2 heterocycles. The van der Waals surface area contributed by atoms with Crippen molar-refractivity contribution in [1.82, 2.24) is 29.8 Å². The van der Waals surface area contributed by atoms with E-state index in [1.165, 1.54) is 6.20 Å². The molecule has 0 amide bonds. The van der Waals surface area contributed by atoms with Crippen molar-refractivity contribution in [1.29, 1.82) is 0 Å². The molecule has 0 spiro atoms. The maximum absolute atomic E-state index is 12.1. The van der Waals surface area contributed by atoms with Crippen LogP contribution < -0.4 is 10.0 Å². The van der Waals surface area contributed by atoms with Crippen molar-refractivity contribution in [3.8, 4) is 0 Å². The molecule has 0 bridgehead atoms. The first-order chi connectivity index (χ1) is 9.13. The molecule has 8 nitrogen and oxygen atoms in total. The smallest absolute Gasteiger partial charge is 0.257 e. The quantitative estimate of drug-likeness (QED) is 0.624. The Hall–Kier alpha value is -1.71. The molecule has 2 aromatic rings. The lowest BCUT2D eigenvalue weighted by Gasteiger charge is -2.07. The van der Waals surface area contributed by atoms with E-state index in [-0.39, 0.29) is 11.6 Å². The molecule has 0 saturated carbocycles. The summed E-state index contributed by atoms with van der Waals surface area (Å²) in [6.07, 6.45) is 6.56. The van der Waals surface area contributed by atoms with Gasteiger partial charge in [0.05, 0.1) is 12.5 Å². The van der Waals surface area contributed by atoms with Gasteiger partial charge in [0.2, 0.25) is 0 Å². The summed E-state index contributed by atoms with van der Waals surface area (Å²) in [4.78, 5) is 3.89. The summed E-state index contributed by atoms with van der Waals surface area (Å²) in [5.74, 6) is 0. The van der Waals surface area contributed by atoms with Gasteiger partial charge in [0.1, 0.15) is 0 Å². The highest BCUT2D eigenvalue weighted by molar-refractivity contribution is 7.89. The number of hydrogen-bond donors (Lipinski definition) is 3. The maximum atomic E-state index is 12.1. The van der Waals surface area contributed by atoms with Crippen LogP contribution in [0.3, 0.4) is 0 Å². The van der Waals surface area contributed by atoms with Crippen molar-refractivity contribution < 1.29 is 8.42 Å². The van der Waals surface area contributed by atoms with Crippen molar-refractivity contribution in [2.75, 3.05) is 13.6 Å². The first-order valence-corrected chi connectivity index (χ1v) is 7.24. The first-order valence-electron chi connectivity index (χ1n) is 5.76. The third-order valence-electron chi connectivity index (χ3n) is 2.54. The van der Waals surface area contributed by atoms with Gasteiger partial charge in [-0.2, -0.15) is 5.10 Å². The van der Waals surface area contributed by atoms with E-state index in [1.807, 2.05) is 0 Å². The molecular formula is C10H16N6O2S. The SMILES string of the molecule is CNCc1cn[nH]c1S(=O)(=O)NCCn1ccnc1. The number of sulfonamides is 1. The molecule has 2 rings (SSSR count). The number of rotatable bonds is 7. The average Bonchev–Trinajstić information content (AvgIpc) is 3.00. The van der Waals surface area contributed by atoms with E-state index in [9.17, 15) is 8.42 Å². The van der Waals surface area contributed by atoms with Crippen LogP contribution in [0.1, 0.15) is 5.56 Å². The number of nitrogens with zero attached hydrogens (tertiary/aromatic N) is 3. The highest BCUT2D eigenvalue weighted by Crippen LogP contribution is 2.10. The molecule has 0 aliphatic rings. The summed E-state index contributed by atoms with van der Waals surface area (Å²) in [5, 5.41) is 9.28. The molecule has 0 aliphatic heterocycles. The van der Waals surface area contributed by atoms with Crippen LogP contribution in [0.4, 0.5) is 0 Å². The molecule has 0 atom stereocenters. The summed E-state index contributed by atoms with van der Waals surface area (Å²) in [6, 6.07) is 0. The standard InChI is InChI=1S/C10H16N6O2S/c1-11-6-9-7-13-15-10(9)19(17,18)14-3-5-16-4-2-12-8-16/h2,4,7-8,11,14H,3,5-6H2,1H3,(H,13,15). The number of aromatic nitrogens is 4. The molecular weight excluding hydrogens is 268 g/mol. The van der Waals surface area contributed by atoms with E-state index >= 15 is 0 Å². The topological polar surface area (TPSA) is 105 Å². The summed E-state index contributed by atoms with van der Waals surface area (Å²) in [6.45, 7) is 1.25. The lowest BCUT2D eigenvalue weighted by molar-refractivity contribution is 0.567. The van der Waals surface area contributed by atoms with Crippen molar-refractivity contribution in [2.45, 2.75) is 18.1 Å². The molecule has 9 heteroatoms. The second-order valence-electron chi connectivity index (χ2n) is 3.95. The fraction of sp³-hybridized carbons (Fsp3) is 0.400. The zero-order valence-electron chi connectivity index (χ0n) is 10.5. The van der Waals surface area contributed by atoms with Crippen LogP contribution in [-0.4, -0.2) is 41.8 Å². The Labute approximate surface area is 111 Å². The summed E-state index contributed by atoms with van der Waals surface area (Å²) < 4.78 is 28.5. The maximum Gasteiger partial charge on any atom is 0.257 e. The van der Waals surface area contributed by atoms with E-state index in [1.54, 1.807) is 30.3 Å². The monoisotopic (exact) mass is 284 g/mol. The first kappa shape index (κ1) is 13.7. The van der Waals surface area contributed by atoms with E-state index < -0.39 is 10.0 Å². The molecule has 0 aliphatic carbocycles. The van der Waals surface area contributed by atoms with Gasteiger partial charge in [0.15, 0.2) is 5.03 Å². The van der Waals surface area contributed by atoms with Crippen LogP contribution >= 0.6 is 0 Å². The Balaban J connectivity index is 1.99. The van der Waals surface area contributed by atoms with Gasteiger partial charge in [-0.05, 0) is 7.05 Å². The average molecular weight is 284 g/mol. The van der Waals surface area contributed by atoms with Crippen LogP contribution in [0.2, 0.25) is 0 Å². The number of nitrogens with one attached hydrogen (secondary N) is 3. The van der Waals surface area contributed by atoms with Crippen LogP contribution in [0.15, 0.2) is 29.9 Å². The fourth-order valence-electron chi connectivity index (χ4n) is 1.65. The zero-order chi connectivity index (χ0) is 13.7. The summed E-state index contributed by atoms with van der Waals surface area (Å²) in [7, 11) is -1.82. The minimum absolute atomic E-state index is 0.104. The molecule has 0 aromatic carbocycles. The molecule has 0 unspecified atom stereocenters. The van der Waals surface area contributed by atoms with Gasteiger partial charge < -0.3 is 9.88 Å². The Morgan fingerprint density at radius 3 is 3.00 bits per heavy atom. The van der Waals surface area contributed by atoms with Crippen molar-refractivity contribution in [2.24, 2.45) is 0 Å². The van der Waals surface area contributed by atoms with Crippen LogP contribution in [-0.2, 0) is 23.1 Å². The van der Waals surface area contributed by atoms with Gasteiger partial charge in [-0.15, -0.1) is 0 Å². The van der Waals surface area contributed by atoms with E-state index in [2.05, 4.69) is 25.2 Å². The molecule has 2 aromatic heterocycles. The molecule has 3 N–H and O–H groups in total. The largest absolute Gasteiger partial charge is 0.336 e. The minimum Gasteiger partial charge on any atom is -0.336 e. The van der Waals surface area contributed by atoms with Crippen LogP contribution in [0.5, 0.6) is 0 Å². The normalized spacial score (nSPS) is 11.8.